The Bertz CT molecular complexity index is 801. The van der Waals surface area contributed by atoms with Gasteiger partial charge in [-0.05, 0) is 42.4 Å². The minimum atomic E-state index is -0.551. The average Bonchev–Trinajstić information content (AvgIpc) is 2.74. The predicted molar refractivity (Wildman–Crippen MR) is 113 cm³/mol. The first-order valence-electron chi connectivity index (χ1n) is 10.2. The van der Waals surface area contributed by atoms with Crippen molar-refractivity contribution in [3.8, 4) is 11.1 Å². The molecular weight excluding hydrogens is 348 g/mol. The normalized spacial score (nSPS) is 19.3. The first-order valence-corrected chi connectivity index (χ1v) is 10.2. The standard InChI is InChI=1S/C24H30N2O2/c1-3-8-22(27)26-16-7-15-24(18-26,23(28)25-2)17-19-11-13-21(14-12-19)20-9-5-4-6-10-20/h4-6,9-14H,3,7-8,15-18H2,1-2H3,(H,25,28)/t24-/m1/s1. The number of hydrogen-bond donors (Lipinski definition) is 1. The molecule has 1 N–H and O–H groups in total. The van der Waals surface area contributed by atoms with E-state index in [0.29, 0.717) is 19.4 Å². The quantitative estimate of drug-likeness (QED) is 0.824. The maximum absolute atomic E-state index is 12.9. The average molecular weight is 379 g/mol. The molecule has 4 nitrogen and oxygen atoms in total. The zero-order valence-corrected chi connectivity index (χ0v) is 16.9. The summed E-state index contributed by atoms with van der Waals surface area (Å²) < 4.78 is 0. The highest BCUT2D eigenvalue weighted by Gasteiger charge is 2.42. The van der Waals surface area contributed by atoms with E-state index in [9.17, 15) is 9.59 Å². The van der Waals surface area contributed by atoms with Crippen LogP contribution in [0.3, 0.4) is 0 Å². The third-order valence-corrected chi connectivity index (χ3v) is 5.71. The third kappa shape index (κ3) is 4.44. The molecule has 2 aromatic rings. The summed E-state index contributed by atoms with van der Waals surface area (Å²) in [5.74, 6) is 0.198. The number of amides is 2. The predicted octanol–water partition coefficient (Wildman–Crippen LogP) is 4.05. The molecule has 0 bridgehead atoms. The van der Waals surface area contributed by atoms with Crippen molar-refractivity contribution in [2.24, 2.45) is 5.41 Å². The van der Waals surface area contributed by atoms with Crippen LogP contribution < -0.4 is 5.32 Å². The molecular formula is C24H30N2O2. The van der Waals surface area contributed by atoms with Gasteiger partial charge in [-0.15, -0.1) is 0 Å². The summed E-state index contributed by atoms with van der Waals surface area (Å²) in [7, 11) is 1.69. The summed E-state index contributed by atoms with van der Waals surface area (Å²) in [4.78, 5) is 27.2. The molecule has 1 saturated heterocycles. The fourth-order valence-corrected chi connectivity index (χ4v) is 4.23. The van der Waals surface area contributed by atoms with Crippen LogP contribution in [-0.2, 0) is 16.0 Å². The lowest BCUT2D eigenvalue weighted by molar-refractivity contribution is -0.141. The summed E-state index contributed by atoms with van der Waals surface area (Å²) in [6.07, 6.45) is 3.71. The van der Waals surface area contributed by atoms with Gasteiger partial charge in [0, 0.05) is 26.6 Å². The number of carbonyl (C=O) groups is 2. The van der Waals surface area contributed by atoms with Crippen molar-refractivity contribution in [1.82, 2.24) is 10.2 Å². The summed E-state index contributed by atoms with van der Waals surface area (Å²) in [5, 5.41) is 2.85. The van der Waals surface area contributed by atoms with Gasteiger partial charge in [0.25, 0.3) is 0 Å². The van der Waals surface area contributed by atoms with Crippen LogP contribution in [0.25, 0.3) is 11.1 Å². The van der Waals surface area contributed by atoms with E-state index < -0.39 is 5.41 Å². The first-order chi connectivity index (χ1) is 13.6. The molecule has 1 fully saturated rings. The van der Waals surface area contributed by atoms with Crippen LogP contribution in [0.5, 0.6) is 0 Å². The fraction of sp³-hybridized carbons (Fsp3) is 0.417. The summed E-state index contributed by atoms with van der Waals surface area (Å²) in [5.41, 5.74) is 2.93. The number of carbonyl (C=O) groups excluding carboxylic acids is 2. The molecule has 2 aromatic carbocycles. The molecule has 0 aliphatic carbocycles. The number of piperidine rings is 1. The third-order valence-electron chi connectivity index (χ3n) is 5.71. The maximum Gasteiger partial charge on any atom is 0.228 e. The number of likely N-dealkylation sites (tertiary alicyclic amines) is 1. The van der Waals surface area contributed by atoms with Crippen LogP contribution in [-0.4, -0.2) is 36.9 Å². The lowest BCUT2D eigenvalue weighted by atomic mass is 9.74. The van der Waals surface area contributed by atoms with Crippen LogP contribution in [0, 0.1) is 5.41 Å². The van der Waals surface area contributed by atoms with Gasteiger partial charge in [-0.1, -0.05) is 61.5 Å². The summed E-state index contributed by atoms with van der Waals surface area (Å²) in [6.45, 7) is 3.28. The van der Waals surface area contributed by atoms with Crippen molar-refractivity contribution in [3.63, 3.8) is 0 Å². The lowest BCUT2D eigenvalue weighted by Gasteiger charge is -2.41. The molecule has 2 amide bonds. The molecule has 0 aromatic heterocycles. The fourth-order valence-electron chi connectivity index (χ4n) is 4.23. The van der Waals surface area contributed by atoms with E-state index in [1.54, 1.807) is 7.05 Å². The smallest absolute Gasteiger partial charge is 0.228 e. The lowest BCUT2D eigenvalue weighted by Crippen LogP contribution is -2.53. The number of rotatable bonds is 6. The Labute approximate surface area is 167 Å². The first kappa shape index (κ1) is 20.1. The van der Waals surface area contributed by atoms with E-state index >= 15 is 0 Å². The molecule has 0 unspecified atom stereocenters. The van der Waals surface area contributed by atoms with Crippen LogP contribution in [0.4, 0.5) is 0 Å². The van der Waals surface area contributed by atoms with E-state index in [0.717, 1.165) is 31.4 Å². The van der Waals surface area contributed by atoms with Crippen LogP contribution in [0.1, 0.15) is 38.2 Å². The van der Waals surface area contributed by atoms with Crippen LogP contribution >= 0.6 is 0 Å². The molecule has 1 aliphatic rings. The molecule has 1 heterocycles. The Kier molecular flexibility index (Phi) is 6.50. The molecule has 0 radical (unpaired) electrons. The second-order valence-corrected chi connectivity index (χ2v) is 7.77. The van der Waals surface area contributed by atoms with Crippen molar-refractivity contribution in [2.75, 3.05) is 20.1 Å². The molecule has 3 rings (SSSR count). The van der Waals surface area contributed by atoms with Crippen molar-refractivity contribution < 1.29 is 9.59 Å². The highest BCUT2D eigenvalue weighted by atomic mass is 16.2. The minimum absolute atomic E-state index is 0.0358. The zero-order valence-electron chi connectivity index (χ0n) is 16.9. The molecule has 1 aliphatic heterocycles. The number of nitrogens with one attached hydrogen (secondary N) is 1. The Hall–Kier alpha value is -2.62. The van der Waals surface area contributed by atoms with Gasteiger partial charge in [0.1, 0.15) is 0 Å². The van der Waals surface area contributed by atoms with Crippen molar-refractivity contribution in [1.29, 1.82) is 0 Å². The Morgan fingerprint density at radius 3 is 2.36 bits per heavy atom. The Morgan fingerprint density at radius 1 is 1.04 bits per heavy atom. The molecule has 0 spiro atoms. The van der Waals surface area contributed by atoms with Crippen LogP contribution in [0.2, 0.25) is 0 Å². The monoisotopic (exact) mass is 378 g/mol. The van der Waals surface area contributed by atoms with Gasteiger partial charge >= 0.3 is 0 Å². The number of nitrogens with zero attached hydrogens (tertiary/aromatic N) is 1. The van der Waals surface area contributed by atoms with E-state index in [2.05, 4.69) is 41.7 Å². The van der Waals surface area contributed by atoms with Gasteiger partial charge in [-0.25, -0.2) is 0 Å². The van der Waals surface area contributed by atoms with Crippen molar-refractivity contribution in [3.05, 3.63) is 60.2 Å². The van der Waals surface area contributed by atoms with E-state index in [1.807, 2.05) is 30.0 Å². The van der Waals surface area contributed by atoms with Gasteiger partial charge in [0.15, 0.2) is 0 Å². The van der Waals surface area contributed by atoms with E-state index in [1.165, 1.54) is 11.1 Å². The molecule has 28 heavy (non-hydrogen) atoms. The molecule has 4 heteroatoms. The SMILES string of the molecule is CCCC(=O)N1CCC[C@](Cc2ccc(-c3ccccc3)cc2)(C(=O)NC)C1. The van der Waals surface area contributed by atoms with Gasteiger partial charge in [-0.3, -0.25) is 9.59 Å². The number of hydrogen-bond acceptors (Lipinski definition) is 2. The van der Waals surface area contributed by atoms with Crippen molar-refractivity contribution in [2.45, 2.75) is 39.0 Å². The van der Waals surface area contributed by atoms with Gasteiger partial charge in [0.05, 0.1) is 5.41 Å². The summed E-state index contributed by atoms with van der Waals surface area (Å²) >= 11 is 0. The summed E-state index contributed by atoms with van der Waals surface area (Å²) in [6, 6.07) is 18.7. The highest BCUT2D eigenvalue weighted by Crippen LogP contribution is 2.35. The second kappa shape index (κ2) is 9.05. The van der Waals surface area contributed by atoms with Crippen LogP contribution in [0.15, 0.2) is 54.6 Å². The zero-order chi connectivity index (χ0) is 20.0. The highest BCUT2D eigenvalue weighted by molar-refractivity contribution is 5.84. The molecule has 0 saturated carbocycles. The Balaban J connectivity index is 1.81. The van der Waals surface area contributed by atoms with E-state index in [4.69, 9.17) is 0 Å². The topological polar surface area (TPSA) is 49.4 Å². The van der Waals surface area contributed by atoms with Gasteiger partial charge in [-0.2, -0.15) is 0 Å². The molecule has 148 valence electrons. The van der Waals surface area contributed by atoms with Gasteiger partial charge in [0.2, 0.25) is 11.8 Å². The number of benzene rings is 2. The van der Waals surface area contributed by atoms with Crippen molar-refractivity contribution >= 4 is 11.8 Å². The largest absolute Gasteiger partial charge is 0.359 e. The minimum Gasteiger partial charge on any atom is -0.359 e. The Morgan fingerprint density at radius 2 is 1.71 bits per heavy atom. The van der Waals surface area contributed by atoms with Gasteiger partial charge < -0.3 is 10.2 Å². The van der Waals surface area contributed by atoms with E-state index in [-0.39, 0.29) is 11.8 Å². The second-order valence-electron chi connectivity index (χ2n) is 7.77. The maximum atomic E-state index is 12.9. The molecule has 1 atom stereocenters.